The van der Waals surface area contributed by atoms with Gasteiger partial charge in [0.2, 0.25) is 11.8 Å². The number of aliphatic hydroxyl groups is 4. The highest BCUT2D eigenvalue weighted by Gasteiger charge is 2.44. The number of primary amides is 1. The molecule has 0 bridgehead atoms. The average Bonchev–Trinajstić information content (AvgIpc) is 2.85. The van der Waals surface area contributed by atoms with Gasteiger partial charge >= 0.3 is 0 Å². The van der Waals surface area contributed by atoms with E-state index in [0.29, 0.717) is 6.42 Å². The number of benzene rings is 2. The number of carbonyl (C=O) groups excluding carboxylic acids is 2. The lowest BCUT2D eigenvalue weighted by atomic mass is 9.88. The van der Waals surface area contributed by atoms with Crippen LogP contribution in [0.5, 0.6) is 5.75 Å². The van der Waals surface area contributed by atoms with Gasteiger partial charge < -0.3 is 41.3 Å². The average molecular weight is 529 g/mol. The Morgan fingerprint density at radius 2 is 1.74 bits per heavy atom. The number of aliphatic hydroxyl groups excluding tert-OH is 4. The second kappa shape index (κ2) is 12.1. The van der Waals surface area contributed by atoms with Crippen LogP contribution in [0.4, 0.5) is 0 Å². The van der Waals surface area contributed by atoms with E-state index in [0.717, 1.165) is 22.3 Å². The summed E-state index contributed by atoms with van der Waals surface area (Å²) in [6, 6.07) is 10.9. The molecule has 0 aromatic heterocycles. The van der Waals surface area contributed by atoms with Gasteiger partial charge in [-0.3, -0.25) is 9.59 Å². The molecule has 1 saturated heterocycles. The van der Waals surface area contributed by atoms with Gasteiger partial charge in [-0.25, -0.2) is 0 Å². The van der Waals surface area contributed by atoms with Crippen LogP contribution in [0.3, 0.4) is 0 Å². The van der Waals surface area contributed by atoms with E-state index in [1.165, 1.54) is 0 Å². The molecular weight excluding hydrogens is 492 g/mol. The third-order valence-electron chi connectivity index (χ3n) is 6.74. The van der Waals surface area contributed by atoms with E-state index in [-0.39, 0.29) is 23.6 Å². The van der Waals surface area contributed by atoms with Gasteiger partial charge in [0.15, 0.2) is 0 Å². The molecule has 2 amide bonds. The molecule has 1 fully saturated rings. The summed E-state index contributed by atoms with van der Waals surface area (Å²) in [6.07, 6.45) is -2.66. The minimum atomic E-state index is -1.55. The fraction of sp³-hybridized carbons (Fsp3) is 0.429. The number of aromatic hydroxyl groups is 1. The lowest BCUT2D eigenvalue weighted by Crippen LogP contribution is -2.55. The highest BCUT2D eigenvalue weighted by Crippen LogP contribution is 2.38. The van der Waals surface area contributed by atoms with Gasteiger partial charge in [-0.05, 0) is 61.6 Å². The summed E-state index contributed by atoms with van der Waals surface area (Å²) >= 11 is 0. The highest BCUT2D eigenvalue weighted by molar-refractivity contribution is 5.90. The van der Waals surface area contributed by atoms with Crippen LogP contribution in [0, 0.1) is 6.92 Å². The van der Waals surface area contributed by atoms with Gasteiger partial charge in [0, 0.05) is 12.0 Å². The number of phenols is 1. The van der Waals surface area contributed by atoms with Crippen molar-refractivity contribution in [3.63, 3.8) is 0 Å². The molecule has 0 aliphatic carbocycles. The Kier molecular flexibility index (Phi) is 9.29. The molecular formula is C28H36N2O8. The van der Waals surface area contributed by atoms with Crippen molar-refractivity contribution < 1.29 is 39.9 Å². The first-order valence-electron chi connectivity index (χ1n) is 12.3. The largest absolute Gasteiger partial charge is 0.508 e. The maximum Gasteiger partial charge on any atom is 0.242 e. The van der Waals surface area contributed by atoms with Crippen molar-refractivity contribution in [3.05, 3.63) is 70.3 Å². The summed E-state index contributed by atoms with van der Waals surface area (Å²) < 4.78 is 5.62. The molecule has 10 nitrogen and oxygen atoms in total. The molecule has 5 atom stereocenters. The van der Waals surface area contributed by atoms with Crippen LogP contribution in [-0.2, 0) is 20.7 Å². The molecule has 0 saturated carbocycles. The van der Waals surface area contributed by atoms with Crippen LogP contribution in [0.15, 0.2) is 42.5 Å². The predicted octanol–water partition coefficient (Wildman–Crippen LogP) is 0.590. The molecule has 10 heteroatoms. The van der Waals surface area contributed by atoms with Crippen molar-refractivity contribution in [1.82, 2.24) is 5.32 Å². The Morgan fingerprint density at radius 3 is 2.34 bits per heavy atom. The Hall–Kier alpha value is -3.28. The summed E-state index contributed by atoms with van der Waals surface area (Å²) in [5, 5.41) is 53.3. The Morgan fingerprint density at radius 1 is 1.08 bits per heavy atom. The van der Waals surface area contributed by atoms with Crippen LogP contribution in [-0.4, -0.2) is 73.9 Å². The van der Waals surface area contributed by atoms with E-state index in [2.05, 4.69) is 5.32 Å². The number of aryl methyl sites for hydroxylation is 1. The third-order valence-corrected chi connectivity index (χ3v) is 6.74. The second-order valence-electron chi connectivity index (χ2n) is 10.1. The van der Waals surface area contributed by atoms with Gasteiger partial charge in [-0.1, -0.05) is 36.4 Å². The highest BCUT2D eigenvalue weighted by atomic mass is 16.5. The summed E-state index contributed by atoms with van der Waals surface area (Å²) in [4.78, 5) is 23.4. The van der Waals surface area contributed by atoms with Gasteiger partial charge in [-0.2, -0.15) is 0 Å². The van der Waals surface area contributed by atoms with Gasteiger partial charge in [0.25, 0.3) is 0 Å². The first kappa shape index (κ1) is 29.3. The van der Waals surface area contributed by atoms with Crippen LogP contribution < -0.4 is 11.1 Å². The van der Waals surface area contributed by atoms with Gasteiger partial charge in [0.1, 0.15) is 41.8 Å². The van der Waals surface area contributed by atoms with E-state index in [1.807, 2.05) is 31.2 Å². The zero-order valence-electron chi connectivity index (χ0n) is 21.7. The summed E-state index contributed by atoms with van der Waals surface area (Å²) in [5.74, 6) is -1.06. The van der Waals surface area contributed by atoms with Crippen molar-refractivity contribution in [3.8, 4) is 5.75 Å². The van der Waals surface area contributed by atoms with Gasteiger partial charge in [0.05, 0.1) is 6.61 Å². The topological polar surface area (TPSA) is 183 Å². The maximum atomic E-state index is 12.0. The monoisotopic (exact) mass is 528 g/mol. The van der Waals surface area contributed by atoms with Gasteiger partial charge in [-0.15, -0.1) is 0 Å². The lowest BCUT2D eigenvalue weighted by molar-refractivity contribution is -0.232. The number of amides is 2. The number of rotatable bonds is 9. The normalized spacial score (nSPS) is 23.9. The summed E-state index contributed by atoms with van der Waals surface area (Å²) in [5.41, 5.74) is 7.90. The molecule has 1 heterocycles. The number of nitrogens with two attached hydrogens (primary N) is 1. The predicted molar refractivity (Wildman–Crippen MR) is 140 cm³/mol. The van der Waals surface area contributed by atoms with Crippen LogP contribution in [0.1, 0.15) is 54.2 Å². The molecule has 2 aromatic carbocycles. The number of hydrogen-bond acceptors (Lipinski definition) is 8. The molecule has 0 spiro atoms. The third kappa shape index (κ3) is 6.77. The van der Waals surface area contributed by atoms with E-state index in [4.69, 9.17) is 10.5 Å². The van der Waals surface area contributed by atoms with Crippen LogP contribution in [0.2, 0.25) is 0 Å². The quantitative estimate of drug-likeness (QED) is 0.247. The smallest absolute Gasteiger partial charge is 0.242 e. The molecule has 3 rings (SSSR count). The first-order valence-corrected chi connectivity index (χ1v) is 12.3. The number of phenolic OH excluding ortho intramolecular Hbond substituents is 1. The van der Waals surface area contributed by atoms with E-state index in [9.17, 15) is 35.1 Å². The molecule has 1 aliphatic rings. The van der Waals surface area contributed by atoms with Crippen molar-refractivity contribution in [2.45, 2.75) is 69.7 Å². The van der Waals surface area contributed by atoms with E-state index >= 15 is 0 Å². The SMILES string of the molecule is Cc1cc(O)c([C@@H]2O[C@H](CO)[C@@H](O)[C@H](O)[C@H]2O)cc1Cc1ccc(/C=C/CC(=O)NC(C)(C)C(N)=O)cc1. The zero-order chi connectivity index (χ0) is 28.2. The number of nitrogens with one attached hydrogen (secondary N) is 1. The fourth-order valence-electron chi connectivity index (χ4n) is 4.26. The minimum absolute atomic E-state index is 0.0892. The first-order chi connectivity index (χ1) is 17.8. The van der Waals surface area contributed by atoms with Crippen LogP contribution >= 0.6 is 0 Å². The number of hydrogen-bond donors (Lipinski definition) is 7. The fourth-order valence-corrected chi connectivity index (χ4v) is 4.26. The van der Waals surface area contributed by atoms with E-state index in [1.54, 1.807) is 38.1 Å². The molecule has 0 unspecified atom stereocenters. The molecule has 1 aliphatic heterocycles. The zero-order valence-corrected chi connectivity index (χ0v) is 21.7. The molecule has 38 heavy (non-hydrogen) atoms. The summed E-state index contributed by atoms with van der Waals surface area (Å²) in [6.45, 7) is 4.36. The number of carbonyl (C=O) groups is 2. The van der Waals surface area contributed by atoms with Crippen molar-refractivity contribution in [2.75, 3.05) is 6.61 Å². The molecule has 0 radical (unpaired) electrons. The van der Waals surface area contributed by atoms with E-state index < -0.39 is 48.6 Å². The number of ether oxygens (including phenoxy) is 1. The molecule has 8 N–H and O–H groups in total. The minimum Gasteiger partial charge on any atom is -0.508 e. The Bertz CT molecular complexity index is 1180. The van der Waals surface area contributed by atoms with Crippen molar-refractivity contribution in [2.24, 2.45) is 5.73 Å². The lowest BCUT2D eigenvalue weighted by Gasteiger charge is -2.40. The summed E-state index contributed by atoms with van der Waals surface area (Å²) in [7, 11) is 0. The van der Waals surface area contributed by atoms with Crippen molar-refractivity contribution in [1.29, 1.82) is 0 Å². The standard InChI is InChI=1S/C28H36N2O8/c1-15-11-20(32)19(26-25(36)24(35)23(34)21(14-31)38-26)13-18(15)12-17-9-7-16(8-10-17)5-4-6-22(33)30-28(2,3)27(29)37/h4-5,7-11,13,21,23-26,31-32,34-36H,6,12,14H2,1-3H3,(H2,29,37)(H,30,33)/b5-4+/t21-,23-,24+,25-,26+/m1/s1. The second-order valence-corrected chi connectivity index (χ2v) is 10.1. The Balaban J connectivity index is 1.70. The Labute approximate surface area is 221 Å². The van der Waals surface area contributed by atoms with Crippen LogP contribution in [0.25, 0.3) is 6.08 Å². The molecule has 206 valence electrons. The molecule has 2 aromatic rings. The van der Waals surface area contributed by atoms with Crippen molar-refractivity contribution >= 4 is 17.9 Å². The maximum absolute atomic E-state index is 12.0.